The minimum Gasteiger partial charge on any atom is -0.369 e. The van der Waals surface area contributed by atoms with Crippen molar-refractivity contribution in [3.63, 3.8) is 0 Å². The van der Waals surface area contributed by atoms with Crippen molar-refractivity contribution in [1.82, 2.24) is 4.90 Å². The van der Waals surface area contributed by atoms with Crippen molar-refractivity contribution in [2.75, 3.05) is 13.1 Å². The molecule has 23 heavy (non-hydrogen) atoms. The molecule has 1 aromatic rings. The third-order valence-electron chi connectivity index (χ3n) is 5.58. The summed E-state index contributed by atoms with van der Waals surface area (Å²) < 4.78 is 0. The number of primary amides is 1. The van der Waals surface area contributed by atoms with Gasteiger partial charge >= 0.3 is 0 Å². The van der Waals surface area contributed by atoms with E-state index in [4.69, 9.17) is 5.73 Å². The van der Waals surface area contributed by atoms with E-state index in [0.717, 1.165) is 19.3 Å². The molecule has 0 atom stereocenters. The number of carbonyl (C=O) groups is 2. The van der Waals surface area contributed by atoms with Gasteiger partial charge in [-0.25, -0.2) is 0 Å². The van der Waals surface area contributed by atoms with Crippen LogP contribution in [0.5, 0.6) is 0 Å². The summed E-state index contributed by atoms with van der Waals surface area (Å²) in [5.74, 6) is -0.0564. The van der Waals surface area contributed by atoms with Crippen molar-refractivity contribution in [2.24, 2.45) is 11.7 Å². The third kappa shape index (κ3) is 2.87. The molecule has 3 rings (SSSR count). The summed E-state index contributed by atoms with van der Waals surface area (Å²) in [7, 11) is 0. The van der Waals surface area contributed by atoms with E-state index < -0.39 is 0 Å². The number of likely N-dealkylation sites (tertiary alicyclic amines) is 1. The van der Waals surface area contributed by atoms with E-state index in [1.807, 2.05) is 4.90 Å². The normalized spacial score (nSPS) is 20.9. The Hall–Kier alpha value is -1.84. The molecule has 2 fully saturated rings. The highest BCUT2D eigenvalue weighted by Crippen LogP contribution is 2.46. The molecule has 1 aromatic carbocycles. The van der Waals surface area contributed by atoms with Crippen LogP contribution < -0.4 is 5.73 Å². The van der Waals surface area contributed by atoms with E-state index in [1.54, 1.807) is 0 Å². The molecule has 124 valence electrons. The first-order valence-corrected chi connectivity index (χ1v) is 8.60. The average Bonchev–Trinajstić information content (AvgIpc) is 2.45. The van der Waals surface area contributed by atoms with Crippen LogP contribution in [-0.4, -0.2) is 29.8 Å². The van der Waals surface area contributed by atoms with Crippen molar-refractivity contribution in [3.8, 4) is 0 Å². The molecular weight excluding hydrogens is 288 g/mol. The molecule has 2 amide bonds. The second-order valence-electron chi connectivity index (χ2n) is 7.28. The van der Waals surface area contributed by atoms with Gasteiger partial charge in [-0.3, -0.25) is 9.59 Å². The Bertz CT molecular complexity index is 606. The number of hydrogen-bond donors (Lipinski definition) is 1. The zero-order chi connectivity index (χ0) is 16.6. The van der Waals surface area contributed by atoms with Gasteiger partial charge in [-0.2, -0.15) is 0 Å². The quantitative estimate of drug-likeness (QED) is 0.931. The van der Waals surface area contributed by atoms with Crippen LogP contribution in [0.1, 0.15) is 48.8 Å². The van der Waals surface area contributed by atoms with Crippen LogP contribution in [0.2, 0.25) is 0 Å². The maximum Gasteiger partial charge on any atom is 0.233 e. The summed E-state index contributed by atoms with van der Waals surface area (Å²) in [5.41, 5.74) is 8.66. The Balaban J connectivity index is 1.80. The number of hydrogen-bond acceptors (Lipinski definition) is 2. The lowest BCUT2D eigenvalue weighted by molar-refractivity contribution is -0.143. The van der Waals surface area contributed by atoms with E-state index in [9.17, 15) is 9.59 Å². The van der Waals surface area contributed by atoms with Crippen LogP contribution in [0, 0.1) is 19.8 Å². The molecule has 2 aliphatic rings. The molecular formula is C19H26N2O2. The van der Waals surface area contributed by atoms with Gasteiger partial charge in [0.05, 0.1) is 5.41 Å². The summed E-state index contributed by atoms with van der Waals surface area (Å²) in [6, 6.07) is 6.49. The monoisotopic (exact) mass is 314 g/mol. The van der Waals surface area contributed by atoms with Gasteiger partial charge in [0.25, 0.3) is 0 Å². The first-order valence-electron chi connectivity index (χ1n) is 8.60. The Kier molecular flexibility index (Phi) is 4.17. The molecule has 0 bridgehead atoms. The third-order valence-corrected chi connectivity index (χ3v) is 5.58. The van der Waals surface area contributed by atoms with E-state index in [0.29, 0.717) is 25.9 Å². The number of nitrogens with zero attached hydrogens (tertiary/aromatic N) is 1. The van der Waals surface area contributed by atoms with Gasteiger partial charge in [0.15, 0.2) is 0 Å². The van der Waals surface area contributed by atoms with Crippen molar-refractivity contribution in [1.29, 1.82) is 0 Å². The Morgan fingerprint density at radius 2 is 1.65 bits per heavy atom. The van der Waals surface area contributed by atoms with Crippen LogP contribution >= 0.6 is 0 Å². The molecule has 1 saturated heterocycles. The van der Waals surface area contributed by atoms with Crippen molar-refractivity contribution in [3.05, 3.63) is 34.9 Å². The predicted octanol–water partition coefficient (Wildman–Crippen LogP) is 2.45. The number of carbonyl (C=O) groups excluding carboxylic acids is 2. The van der Waals surface area contributed by atoms with E-state index in [-0.39, 0.29) is 23.1 Å². The molecule has 0 spiro atoms. The highest BCUT2D eigenvalue weighted by atomic mass is 16.2. The van der Waals surface area contributed by atoms with Crippen LogP contribution in [-0.2, 0) is 15.0 Å². The molecule has 0 radical (unpaired) electrons. The van der Waals surface area contributed by atoms with Crippen molar-refractivity contribution >= 4 is 11.8 Å². The Labute approximate surface area is 138 Å². The van der Waals surface area contributed by atoms with Gasteiger partial charge in [0, 0.05) is 19.0 Å². The summed E-state index contributed by atoms with van der Waals surface area (Å²) >= 11 is 0. The minimum absolute atomic E-state index is 0.0717. The van der Waals surface area contributed by atoms with Gasteiger partial charge in [0.1, 0.15) is 0 Å². The maximum absolute atomic E-state index is 13.2. The number of amides is 2. The highest BCUT2D eigenvalue weighted by molar-refractivity contribution is 5.89. The molecule has 4 nitrogen and oxygen atoms in total. The minimum atomic E-state index is -0.337. The SMILES string of the molecule is Cc1cc(C)cc(C2(C(=O)N3CCC(C(N)=O)CC3)CCC2)c1. The molecule has 0 unspecified atom stereocenters. The molecule has 1 aliphatic heterocycles. The summed E-state index contributed by atoms with van der Waals surface area (Å²) in [6.07, 6.45) is 4.37. The number of rotatable bonds is 3. The summed E-state index contributed by atoms with van der Waals surface area (Å²) in [6.45, 7) is 5.48. The van der Waals surface area contributed by atoms with E-state index >= 15 is 0 Å². The fraction of sp³-hybridized carbons (Fsp3) is 0.579. The van der Waals surface area contributed by atoms with Crippen LogP contribution in [0.4, 0.5) is 0 Å². The van der Waals surface area contributed by atoms with E-state index in [2.05, 4.69) is 32.0 Å². The standard InChI is InChI=1S/C19H26N2O2/c1-13-10-14(2)12-16(11-13)19(6-3-7-19)18(23)21-8-4-15(5-9-21)17(20)22/h10-12,15H,3-9H2,1-2H3,(H2,20,22). The second-order valence-corrected chi connectivity index (χ2v) is 7.28. The van der Waals surface area contributed by atoms with Gasteiger partial charge in [0.2, 0.25) is 11.8 Å². The lowest BCUT2D eigenvalue weighted by Crippen LogP contribution is -2.53. The number of benzene rings is 1. The first kappa shape index (κ1) is 16.0. The van der Waals surface area contributed by atoms with Crippen molar-refractivity contribution in [2.45, 2.75) is 51.4 Å². The number of piperidine rings is 1. The second kappa shape index (κ2) is 5.99. The van der Waals surface area contributed by atoms with E-state index in [1.165, 1.54) is 16.7 Å². The molecule has 2 N–H and O–H groups in total. The molecule has 1 aliphatic carbocycles. The Morgan fingerprint density at radius 3 is 2.09 bits per heavy atom. The van der Waals surface area contributed by atoms with Gasteiger partial charge in [-0.15, -0.1) is 0 Å². The van der Waals surface area contributed by atoms with Crippen LogP contribution in [0.25, 0.3) is 0 Å². The molecule has 0 aromatic heterocycles. The molecule has 4 heteroatoms. The van der Waals surface area contributed by atoms with Crippen LogP contribution in [0.3, 0.4) is 0 Å². The fourth-order valence-electron chi connectivity index (χ4n) is 4.08. The zero-order valence-electron chi connectivity index (χ0n) is 14.1. The van der Waals surface area contributed by atoms with Gasteiger partial charge in [-0.1, -0.05) is 35.7 Å². The van der Waals surface area contributed by atoms with Crippen LogP contribution in [0.15, 0.2) is 18.2 Å². The number of nitrogens with two attached hydrogens (primary N) is 1. The average molecular weight is 314 g/mol. The Morgan fingerprint density at radius 1 is 1.09 bits per heavy atom. The first-order chi connectivity index (χ1) is 10.9. The number of aryl methyl sites for hydroxylation is 2. The topological polar surface area (TPSA) is 63.4 Å². The summed E-state index contributed by atoms with van der Waals surface area (Å²) in [4.78, 5) is 26.5. The van der Waals surface area contributed by atoms with Gasteiger partial charge in [-0.05, 0) is 45.1 Å². The molecule has 1 saturated carbocycles. The lowest BCUT2D eigenvalue weighted by Gasteiger charge is -2.45. The summed E-state index contributed by atoms with van der Waals surface area (Å²) in [5, 5.41) is 0. The predicted molar refractivity (Wildman–Crippen MR) is 89.9 cm³/mol. The lowest BCUT2D eigenvalue weighted by atomic mass is 9.63. The fourth-order valence-corrected chi connectivity index (χ4v) is 4.08. The largest absolute Gasteiger partial charge is 0.369 e. The van der Waals surface area contributed by atoms with Gasteiger partial charge < -0.3 is 10.6 Å². The highest BCUT2D eigenvalue weighted by Gasteiger charge is 2.48. The maximum atomic E-state index is 13.2. The zero-order valence-corrected chi connectivity index (χ0v) is 14.1. The van der Waals surface area contributed by atoms with Crippen molar-refractivity contribution < 1.29 is 9.59 Å². The smallest absolute Gasteiger partial charge is 0.233 e. The molecule has 1 heterocycles.